The molecule has 0 saturated heterocycles. The maximum Gasteiger partial charge on any atom is 0.255 e. The van der Waals surface area contributed by atoms with Crippen molar-refractivity contribution in [1.82, 2.24) is 15.6 Å². The van der Waals surface area contributed by atoms with Crippen molar-refractivity contribution in [3.05, 3.63) is 96.2 Å². The molecular formula is C30H26F2N4O4. The highest BCUT2D eigenvalue weighted by Crippen LogP contribution is 2.37. The summed E-state index contributed by atoms with van der Waals surface area (Å²) in [7, 11) is 3.10. The number of nitrogens with one attached hydrogen (secondary N) is 1. The van der Waals surface area contributed by atoms with Gasteiger partial charge >= 0.3 is 0 Å². The van der Waals surface area contributed by atoms with Gasteiger partial charge in [0, 0.05) is 48.6 Å². The number of amides is 1. The van der Waals surface area contributed by atoms with Crippen molar-refractivity contribution >= 4 is 29.2 Å². The predicted octanol–water partition coefficient (Wildman–Crippen LogP) is 6.10. The molecule has 40 heavy (non-hydrogen) atoms. The number of nitrogens with zero attached hydrogens (tertiary/aromatic N) is 3. The van der Waals surface area contributed by atoms with Gasteiger partial charge < -0.3 is 14.5 Å². The Labute approximate surface area is 229 Å². The van der Waals surface area contributed by atoms with E-state index in [-0.39, 0.29) is 23.5 Å². The fraction of sp³-hybridized carbons (Fsp3) is 0.133. The Hall–Kier alpha value is -4.96. The van der Waals surface area contributed by atoms with Crippen LogP contribution in [0.4, 0.5) is 8.96 Å². The second kappa shape index (κ2) is 12.7. The third-order valence-electron chi connectivity index (χ3n) is 6.00. The zero-order chi connectivity index (χ0) is 28.6. The lowest BCUT2D eigenvalue weighted by Gasteiger charge is -2.10. The van der Waals surface area contributed by atoms with Crippen molar-refractivity contribution in [2.75, 3.05) is 20.6 Å². The Kier molecular flexibility index (Phi) is 8.93. The Bertz CT molecular complexity index is 1610. The number of carbonyl (C=O) groups excluding carboxylic acids is 2. The molecule has 0 atom stereocenters. The zero-order valence-electron chi connectivity index (χ0n) is 21.9. The average Bonchev–Trinajstić information content (AvgIpc) is 3.35. The molecule has 0 radical (unpaired) electrons. The molecule has 4 aromatic rings. The standard InChI is InChI=1S/C30H26F2N4O4/c1-4-5-9-26(33-2)39-22-12-10-20(11-13-22)28-27(29(38)34-3)24-17-23(21-8-6-7-19(16-21)18-37)25(14-15-36(31)32)35-30(24)40-28/h4-13,16-18H,1,14-15H2,2-3H3,(H,34,38)/b9-5-,33-26?. The van der Waals surface area contributed by atoms with E-state index < -0.39 is 17.8 Å². The highest BCUT2D eigenvalue weighted by molar-refractivity contribution is 6.11. The average molecular weight is 545 g/mol. The topological polar surface area (TPSA) is 97.0 Å². The van der Waals surface area contributed by atoms with Crippen LogP contribution in [0.5, 0.6) is 5.75 Å². The van der Waals surface area contributed by atoms with E-state index in [4.69, 9.17) is 9.15 Å². The quantitative estimate of drug-likeness (QED) is 0.0853. The Balaban J connectivity index is 1.85. The number of hydrogen-bond donors (Lipinski definition) is 1. The van der Waals surface area contributed by atoms with Gasteiger partial charge in [-0.25, -0.2) is 4.98 Å². The number of ether oxygens (including phenoxy) is 1. The van der Waals surface area contributed by atoms with E-state index in [2.05, 4.69) is 21.9 Å². The van der Waals surface area contributed by atoms with Crippen LogP contribution in [-0.2, 0) is 6.42 Å². The molecule has 4 rings (SSSR count). The van der Waals surface area contributed by atoms with Gasteiger partial charge in [0.15, 0.2) is 0 Å². The van der Waals surface area contributed by atoms with Crippen LogP contribution in [0, 0.1) is 0 Å². The molecule has 0 fully saturated rings. The fourth-order valence-corrected chi connectivity index (χ4v) is 4.12. The van der Waals surface area contributed by atoms with Crippen LogP contribution in [0.15, 0.2) is 88.8 Å². The summed E-state index contributed by atoms with van der Waals surface area (Å²) < 4.78 is 37.8. The number of aliphatic imine (C=N–C) groups is 1. The van der Waals surface area contributed by atoms with Gasteiger partial charge in [-0.3, -0.25) is 14.6 Å². The zero-order valence-corrected chi connectivity index (χ0v) is 21.9. The maximum absolute atomic E-state index is 13.1. The van der Waals surface area contributed by atoms with Crippen LogP contribution in [-0.4, -0.2) is 49.1 Å². The number of pyridine rings is 1. The lowest BCUT2D eigenvalue weighted by Crippen LogP contribution is -2.18. The number of fused-ring (bicyclic) bond motifs is 1. The molecule has 1 N–H and O–H groups in total. The minimum atomic E-state index is -0.924. The summed E-state index contributed by atoms with van der Waals surface area (Å²) in [5, 5.41) is 2.11. The SMILES string of the molecule is C=C/C=C\C(=NC)Oc1ccc(-c2oc3nc(CCN(F)F)c(-c4cccc(C=O)c4)cc3c2C(=O)NC)cc1. The molecule has 204 valence electrons. The molecular weight excluding hydrogens is 518 g/mol. The smallest absolute Gasteiger partial charge is 0.255 e. The third kappa shape index (κ3) is 6.19. The number of hydrogen-bond acceptors (Lipinski definition) is 7. The van der Waals surface area contributed by atoms with Crippen molar-refractivity contribution in [3.63, 3.8) is 0 Å². The summed E-state index contributed by atoms with van der Waals surface area (Å²) in [5.41, 5.74) is 2.80. The summed E-state index contributed by atoms with van der Waals surface area (Å²) in [6.45, 7) is 3.06. The molecule has 2 aromatic heterocycles. The van der Waals surface area contributed by atoms with E-state index in [1.165, 1.54) is 7.05 Å². The molecule has 0 bridgehead atoms. The highest BCUT2D eigenvalue weighted by atomic mass is 19.4. The van der Waals surface area contributed by atoms with Crippen LogP contribution in [0.3, 0.4) is 0 Å². The number of allylic oxidation sites excluding steroid dienone is 2. The largest absolute Gasteiger partial charge is 0.439 e. The van der Waals surface area contributed by atoms with Gasteiger partial charge in [-0.2, -0.15) is 0 Å². The molecule has 0 spiro atoms. The number of aromatic nitrogens is 1. The first-order valence-electron chi connectivity index (χ1n) is 12.3. The van der Waals surface area contributed by atoms with E-state index in [1.54, 1.807) is 79.9 Å². The van der Waals surface area contributed by atoms with Gasteiger partial charge in [-0.05, 0) is 42.0 Å². The fourth-order valence-electron chi connectivity index (χ4n) is 4.12. The number of benzene rings is 2. The van der Waals surface area contributed by atoms with Crippen LogP contribution in [0.25, 0.3) is 33.6 Å². The van der Waals surface area contributed by atoms with Gasteiger partial charge in [0.2, 0.25) is 11.6 Å². The normalized spacial score (nSPS) is 11.8. The third-order valence-corrected chi connectivity index (χ3v) is 6.00. The lowest BCUT2D eigenvalue weighted by molar-refractivity contribution is -0.151. The van der Waals surface area contributed by atoms with Crippen LogP contribution >= 0.6 is 0 Å². The first kappa shape index (κ1) is 28.1. The summed E-state index contributed by atoms with van der Waals surface area (Å²) in [5.74, 6) is 0.734. The number of halogens is 2. The van der Waals surface area contributed by atoms with Gasteiger partial charge in [-0.1, -0.05) is 36.9 Å². The monoisotopic (exact) mass is 544 g/mol. The van der Waals surface area contributed by atoms with Crippen LogP contribution in [0.1, 0.15) is 26.4 Å². The van der Waals surface area contributed by atoms with Crippen molar-refractivity contribution in [1.29, 1.82) is 0 Å². The molecule has 0 aliphatic rings. The first-order valence-corrected chi connectivity index (χ1v) is 12.3. The van der Waals surface area contributed by atoms with E-state index in [0.717, 1.165) is 0 Å². The second-order valence-electron chi connectivity index (χ2n) is 8.52. The van der Waals surface area contributed by atoms with Crippen LogP contribution in [0.2, 0.25) is 0 Å². The second-order valence-corrected chi connectivity index (χ2v) is 8.52. The summed E-state index contributed by atoms with van der Waals surface area (Å²) in [6, 6.07) is 15.3. The summed E-state index contributed by atoms with van der Waals surface area (Å²) >= 11 is 0. The first-order chi connectivity index (χ1) is 19.4. The minimum Gasteiger partial charge on any atom is -0.439 e. The maximum atomic E-state index is 13.1. The van der Waals surface area contributed by atoms with Gasteiger partial charge in [-0.15, -0.1) is 8.96 Å². The van der Waals surface area contributed by atoms with Gasteiger partial charge in [0.1, 0.15) is 17.8 Å². The number of furan rings is 1. The number of carbonyl (C=O) groups is 2. The predicted molar refractivity (Wildman–Crippen MR) is 150 cm³/mol. The molecule has 10 heteroatoms. The molecule has 2 aromatic carbocycles. The highest BCUT2D eigenvalue weighted by Gasteiger charge is 2.25. The van der Waals surface area contributed by atoms with Crippen molar-refractivity contribution in [2.45, 2.75) is 6.42 Å². The summed E-state index contributed by atoms with van der Waals surface area (Å²) in [6.07, 6.45) is 5.58. The number of rotatable bonds is 10. The lowest BCUT2D eigenvalue weighted by atomic mass is 9.97. The molecule has 0 unspecified atom stereocenters. The Morgan fingerprint density at radius 1 is 1.18 bits per heavy atom. The molecule has 0 saturated carbocycles. The molecule has 2 heterocycles. The van der Waals surface area contributed by atoms with Gasteiger partial charge in [0.05, 0.1) is 23.2 Å². The van der Waals surface area contributed by atoms with Crippen molar-refractivity contribution < 1.29 is 27.7 Å². The molecule has 0 aliphatic heterocycles. The summed E-state index contributed by atoms with van der Waals surface area (Å²) in [4.78, 5) is 33.1. The molecule has 8 nitrogen and oxygen atoms in total. The molecule has 0 aliphatic carbocycles. The van der Waals surface area contributed by atoms with Gasteiger partial charge in [0.25, 0.3) is 5.91 Å². The van der Waals surface area contributed by atoms with Crippen molar-refractivity contribution in [3.8, 4) is 28.2 Å². The minimum absolute atomic E-state index is 0.0947. The Morgan fingerprint density at radius 2 is 1.95 bits per heavy atom. The van der Waals surface area contributed by atoms with E-state index in [0.29, 0.717) is 51.3 Å². The number of aldehydes is 1. The Morgan fingerprint density at radius 3 is 2.60 bits per heavy atom. The van der Waals surface area contributed by atoms with Crippen LogP contribution < -0.4 is 10.1 Å². The van der Waals surface area contributed by atoms with E-state index in [9.17, 15) is 18.6 Å². The van der Waals surface area contributed by atoms with E-state index >= 15 is 0 Å². The molecule has 1 amide bonds. The van der Waals surface area contributed by atoms with Crippen molar-refractivity contribution in [2.24, 2.45) is 4.99 Å². The van der Waals surface area contributed by atoms with E-state index in [1.807, 2.05) is 0 Å².